The maximum absolute atomic E-state index is 12.6. The Morgan fingerprint density at radius 3 is 2.74 bits per heavy atom. The van der Waals surface area contributed by atoms with E-state index in [1.165, 1.54) is 6.21 Å². The molecular weight excluding hydrogens is 370 g/mol. The van der Waals surface area contributed by atoms with Crippen LogP contribution in [0, 0.1) is 6.92 Å². The second kappa shape index (κ2) is 7.13. The average molecular weight is 384 g/mol. The van der Waals surface area contributed by atoms with Gasteiger partial charge in [-0.1, -0.05) is 47.1 Å². The van der Waals surface area contributed by atoms with Gasteiger partial charge in [-0.3, -0.25) is 4.79 Å². The third kappa shape index (κ3) is 3.37. The highest BCUT2D eigenvalue weighted by atomic mass is 35.5. The summed E-state index contributed by atoms with van der Waals surface area (Å²) in [6, 6.07) is 12.6. The average Bonchev–Trinajstić information content (AvgIpc) is 3.28. The van der Waals surface area contributed by atoms with E-state index in [4.69, 9.17) is 25.6 Å². The number of nitrogens with zero attached hydrogens (tertiary/aromatic N) is 2. The summed E-state index contributed by atoms with van der Waals surface area (Å²) < 4.78 is 15.8. The number of rotatable bonds is 4. The molecule has 1 amide bonds. The highest BCUT2D eigenvalue weighted by Crippen LogP contribution is 2.36. The third-order valence-corrected chi connectivity index (χ3v) is 4.33. The molecule has 0 radical (unpaired) electrons. The zero-order valence-corrected chi connectivity index (χ0v) is 15.0. The summed E-state index contributed by atoms with van der Waals surface area (Å²) in [4.78, 5) is 12.6. The smallest absolute Gasteiger partial charge is 0.277 e. The fraction of sp³-hybridized carbons (Fsp3) is 0.105. The number of aromatic nitrogens is 1. The van der Waals surface area contributed by atoms with Crippen molar-refractivity contribution in [2.75, 3.05) is 6.79 Å². The number of nitrogens with one attached hydrogen (secondary N) is 1. The van der Waals surface area contributed by atoms with Crippen molar-refractivity contribution in [1.82, 2.24) is 10.6 Å². The van der Waals surface area contributed by atoms with Gasteiger partial charge in [-0.15, -0.1) is 0 Å². The second-order valence-electron chi connectivity index (χ2n) is 5.75. The van der Waals surface area contributed by atoms with Crippen molar-refractivity contribution in [2.45, 2.75) is 6.92 Å². The van der Waals surface area contributed by atoms with Crippen LogP contribution in [-0.2, 0) is 0 Å². The standard InChI is InChI=1S/C19H14ClN3O4/c1-11-17(18(23-27-11)12-5-3-2-4-6-12)19(24)22-21-9-13-7-15-16(8-14(13)20)26-10-25-15/h2-9H,10H2,1H3,(H,22,24)/b21-9+. The molecule has 2 heterocycles. The van der Waals surface area contributed by atoms with Crippen LogP contribution in [0.5, 0.6) is 11.5 Å². The van der Waals surface area contributed by atoms with E-state index >= 15 is 0 Å². The van der Waals surface area contributed by atoms with E-state index in [-0.39, 0.29) is 6.79 Å². The normalized spacial score (nSPS) is 12.5. The molecule has 4 rings (SSSR count). The number of carbonyl (C=O) groups excluding carboxylic acids is 1. The van der Waals surface area contributed by atoms with Crippen LogP contribution in [0.4, 0.5) is 0 Å². The zero-order chi connectivity index (χ0) is 18.8. The van der Waals surface area contributed by atoms with Crippen LogP contribution in [0.15, 0.2) is 52.1 Å². The molecule has 27 heavy (non-hydrogen) atoms. The fourth-order valence-electron chi connectivity index (χ4n) is 2.68. The first-order valence-corrected chi connectivity index (χ1v) is 8.45. The zero-order valence-electron chi connectivity index (χ0n) is 14.2. The number of carbonyl (C=O) groups is 1. The summed E-state index contributed by atoms with van der Waals surface area (Å²) in [7, 11) is 0. The Hall–Kier alpha value is -3.32. The lowest BCUT2D eigenvalue weighted by Gasteiger charge is -2.03. The van der Waals surface area contributed by atoms with Crippen LogP contribution in [0.3, 0.4) is 0 Å². The molecule has 0 atom stereocenters. The lowest BCUT2D eigenvalue weighted by atomic mass is 10.1. The van der Waals surface area contributed by atoms with Crippen molar-refractivity contribution in [2.24, 2.45) is 5.10 Å². The minimum Gasteiger partial charge on any atom is -0.454 e. The number of amides is 1. The van der Waals surface area contributed by atoms with Gasteiger partial charge >= 0.3 is 0 Å². The SMILES string of the molecule is Cc1onc(-c2ccccc2)c1C(=O)N/N=C/c1cc2c(cc1Cl)OCO2. The van der Waals surface area contributed by atoms with Gasteiger partial charge in [-0.05, 0) is 13.0 Å². The molecule has 0 spiro atoms. The van der Waals surface area contributed by atoms with Gasteiger partial charge in [0.1, 0.15) is 17.0 Å². The Morgan fingerprint density at radius 2 is 1.96 bits per heavy atom. The quantitative estimate of drug-likeness (QED) is 0.547. The van der Waals surface area contributed by atoms with Crippen LogP contribution < -0.4 is 14.9 Å². The number of hydrogen-bond acceptors (Lipinski definition) is 6. The van der Waals surface area contributed by atoms with Crippen LogP contribution in [0.25, 0.3) is 11.3 Å². The number of hydrogen-bond donors (Lipinski definition) is 1. The van der Waals surface area contributed by atoms with Gasteiger partial charge in [0.15, 0.2) is 11.5 Å². The lowest BCUT2D eigenvalue weighted by molar-refractivity contribution is 0.0954. The maximum atomic E-state index is 12.6. The molecule has 0 unspecified atom stereocenters. The van der Waals surface area contributed by atoms with Crippen LogP contribution in [0.2, 0.25) is 5.02 Å². The monoisotopic (exact) mass is 383 g/mol. The van der Waals surface area contributed by atoms with Crippen molar-refractivity contribution in [1.29, 1.82) is 0 Å². The van der Waals surface area contributed by atoms with E-state index in [0.29, 0.717) is 39.1 Å². The molecule has 0 saturated heterocycles. The van der Waals surface area contributed by atoms with E-state index < -0.39 is 5.91 Å². The van der Waals surface area contributed by atoms with E-state index in [9.17, 15) is 4.79 Å². The minimum atomic E-state index is -0.430. The summed E-state index contributed by atoms with van der Waals surface area (Å²) in [5.74, 6) is 1.13. The van der Waals surface area contributed by atoms with Gasteiger partial charge in [0.25, 0.3) is 5.91 Å². The molecule has 0 fully saturated rings. The molecule has 0 bridgehead atoms. The molecule has 3 aromatic rings. The summed E-state index contributed by atoms with van der Waals surface area (Å²) >= 11 is 6.19. The van der Waals surface area contributed by atoms with Gasteiger partial charge in [0.05, 0.1) is 11.2 Å². The lowest BCUT2D eigenvalue weighted by Crippen LogP contribution is -2.18. The van der Waals surface area contributed by atoms with Crippen molar-refractivity contribution in [3.63, 3.8) is 0 Å². The molecule has 1 aliphatic rings. The Labute approximate surface area is 159 Å². The highest BCUT2D eigenvalue weighted by molar-refractivity contribution is 6.33. The predicted octanol–water partition coefficient (Wildman–Crippen LogP) is 3.80. The van der Waals surface area contributed by atoms with Crippen LogP contribution in [0.1, 0.15) is 21.7 Å². The first kappa shape index (κ1) is 17.1. The molecule has 1 aromatic heterocycles. The summed E-state index contributed by atoms with van der Waals surface area (Å²) in [6.07, 6.45) is 1.44. The van der Waals surface area contributed by atoms with Crippen LogP contribution in [-0.4, -0.2) is 24.1 Å². The fourth-order valence-corrected chi connectivity index (χ4v) is 2.88. The Kier molecular flexibility index (Phi) is 4.52. The maximum Gasteiger partial charge on any atom is 0.277 e. The molecule has 1 N–H and O–H groups in total. The van der Waals surface area contributed by atoms with E-state index in [0.717, 1.165) is 5.56 Å². The van der Waals surface area contributed by atoms with Crippen molar-refractivity contribution < 1.29 is 18.8 Å². The third-order valence-electron chi connectivity index (χ3n) is 4.00. The highest BCUT2D eigenvalue weighted by Gasteiger charge is 2.21. The van der Waals surface area contributed by atoms with Gasteiger partial charge in [-0.25, -0.2) is 5.43 Å². The van der Waals surface area contributed by atoms with Crippen LogP contribution >= 0.6 is 11.6 Å². The van der Waals surface area contributed by atoms with E-state index in [1.54, 1.807) is 19.1 Å². The topological polar surface area (TPSA) is 86.0 Å². The summed E-state index contributed by atoms with van der Waals surface area (Å²) in [6.45, 7) is 1.82. The second-order valence-corrected chi connectivity index (χ2v) is 6.16. The van der Waals surface area contributed by atoms with Gasteiger partial charge in [-0.2, -0.15) is 5.10 Å². The number of aryl methyl sites for hydroxylation is 1. The molecule has 8 heteroatoms. The predicted molar refractivity (Wildman–Crippen MR) is 99.3 cm³/mol. The summed E-state index contributed by atoms with van der Waals surface area (Å²) in [5, 5.41) is 8.41. The number of hydrazone groups is 1. The Morgan fingerprint density at radius 1 is 1.22 bits per heavy atom. The van der Waals surface area contributed by atoms with Crippen molar-refractivity contribution in [3.05, 3.63) is 64.4 Å². The number of halogens is 1. The van der Waals surface area contributed by atoms with Gasteiger partial charge < -0.3 is 14.0 Å². The van der Waals surface area contributed by atoms with E-state index in [1.807, 2.05) is 30.3 Å². The molecule has 1 aliphatic heterocycles. The van der Waals surface area contributed by atoms with Crippen molar-refractivity contribution >= 4 is 23.7 Å². The molecule has 2 aromatic carbocycles. The first-order valence-electron chi connectivity index (χ1n) is 8.07. The molecule has 7 nitrogen and oxygen atoms in total. The Bertz CT molecular complexity index is 1030. The molecule has 136 valence electrons. The largest absolute Gasteiger partial charge is 0.454 e. The summed E-state index contributed by atoms with van der Waals surface area (Å²) in [5.41, 5.74) is 4.64. The first-order chi connectivity index (χ1) is 13.1. The van der Waals surface area contributed by atoms with E-state index in [2.05, 4.69) is 15.7 Å². The number of benzene rings is 2. The Balaban J connectivity index is 1.54. The molecular formula is C19H14ClN3O4. The molecule has 0 saturated carbocycles. The molecule has 0 aliphatic carbocycles. The number of fused-ring (bicyclic) bond motifs is 1. The van der Waals surface area contributed by atoms with Gasteiger partial charge in [0.2, 0.25) is 6.79 Å². The number of ether oxygens (including phenoxy) is 2. The minimum absolute atomic E-state index is 0.151. The van der Waals surface area contributed by atoms with Crippen molar-refractivity contribution in [3.8, 4) is 22.8 Å². The van der Waals surface area contributed by atoms with Gasteiger partial charge in [0, 0.05) is 17.2 Å².